The maximum atomic E-state index is 12.5. The summed E-state index contributed by atoms with van der Waals surface area (Å²) in [5.74, 6) is -0.523. The van der Waals surface area contributed by atoms with Gasteiger partial charge in [0.25, 0.3) is 5.91 Å². The van der Waals surface area contributed by atoms with Crippen LogP contribution >= 0.6 is 0 Å². The highest BCUT2D eigenvalue weighted by Gasteiger charge is 2.22. The van der Waals surface area contributed by atoms with Crippen molar-refractivity contribution in [2.75, 3.05) is 13.6 Å². The summed E-state index contributed by atoms with van der Waals surface area (Å²) in [5.41, 5.74) is 6.34. The van der Waals surface area contributed by atoms with E-state index in [9.17, 15) is 13.2 Å². The zero-order valence-corrected chi connectivity index (χ0v) is 17.6. The number of hydrogen-bond acceptors (Lipinski definition) is 4. The van der Waals surface area contributed by atoms with Gasteiger partial charge in [-0.15, -0.1) is 0 Å². The smallest absolute Gasteiger partial charge is 0.255 e. The van der Waals surface area contributed by atoms with Crippen LogP contribution < -0.4 is 5.43 Å². The molecule has 1 amide bonds. The Kier molecular flexibility index (Phi) is 6.76. The molecular weight excluding hydrogens is 398 g/mol. The average Bonchev–Trinajstić information content (AvgIpc) is 2.75. The van der Waals surface area contributed by atoms with Gasteiger partial charge in [-0.2, -0.15) is 9.41 Å². The van der Waals surface area contributed by atoms with E-state index in [1.165, 1.54) is 25.4 Å². The van der Waals surface area contributed by atoms with E-state index in [-0.39, 0.29) is 11.4 Å². The molecule has 0 atom stereocenters. The highest BCUT2D eigenvalue weighted by molar-refractivity contribution is 7.89. The molecule has 154 valence electrons. The predicted octanol–water partition coefficient (Wildman–Crippen LogP) is 3.43. The number of benzene rings is 3. The highest BCUT2D eigenvalue weighted by Crippen LogP contribution is 2.18. The van der Waals surface area contributed by atoms with Crippen molar-refractivity contribution in [1.29, 1.82) is 0 Å². The van der Waals surface area contributed by atoms with Crippen LogP contribution in [0.1, 0.15) is 11.1 Å². The van der Waals surface area contributed by atoms with Crippen molar-refractivity contribution in [2.45, 2.75) is 11.8 Å². The zero-order chi connectivity index (χ0) is 21.6. The number of carbonyl (C=O) groups is 1. The Hall–Kier alpha value is -3.29. The van der Waals surface area contributed by atoms with Crippen molar-refractivity contribution >= 4 is 22.1 Å². The second-order valence-electron chi connectivity index (χ2n) is 6.86. The molecule has 0 saturated carbocycles. The maximum absolute atomic E-state index is 12.5. The van der Waals surface area contributed by atoms with Crippen LogP contribution in [0.2, 0.25) is 0 Å². The first-order chi connectivity index (χ1) is 14.4. The van der Waals surface area contributed by atoms with Crippen molar-refractivity contribution in [2.24, 2.45) is 5.10 Å². The molecular formula is C23H23N3O3S. The van der Waals surface area contributed by atoms with Gasteiger partial charge in [0.2, 0.25) is 10.0 Å². The molecule has 3 aromatic carbocycles. The third kappa shape index (κ3) is 5.40. The number of amides is 1. The van der Waals surface area contributed by atoms with Crippen LogP contribution in [0.15, 0.2) is 88.9 Å². The number of hydrogen-bond donors (Lipinski definition) is 1. The van der Waals surface area contributed by atoms with Crippen molar-refractivity contribution in [1.82, 2.24) is 9.73 Å². The largest absolute Gasteiger partial charge is 0.272 e. The summed E-state index contributed by atoms with van der Waals surface area (Å²) >= 11 is 0. The Bertz CT molecular complexity index is 1120. The van der Waals surface area contributed by atoms with Crippen molar-refractivity contribution in [3.05, 3.63) is 90.0 Å². The van der Waals surface area contributed by atoms with Gasteiger partial charge in [0.15, 0.2) is 0 Å². The molecule has 0 radical (unpaired) electrons. The summed E-state index contributed by atoms with van der Waals surface area (Å²) in [6.07, 6.45) is 1.52. The van der Waals surface area contributed by atoms with Crippen LogP contribution in [0, 0.1) is 6.92 Å². The van der Waals surface area contributed by atoms with Gasteiger partial charge >= 0.3 is 0 Å². The molecule has 0 heterocycles. The van der Waals surface area contributed by atoms with E-state index < -0.39 is 15.9 Å². The quantitative estimate of drug-likeness (QED) is 0.469. The van der Waals surface area contributed by atoms with Crippen molar-refractivity contribution in [3.8, 4) is 11.1 Å². The number of carbonyl (C=O) groups excluding carboxylic acids is 1. The lowest BCUT2D eigenvalue weighted by atomic mass is 10.0. The van der Waals surface area contributed by atoms with Gasteiger partial charge in [-0.3, -0.25) is 4.79 Å². The lowest BCUT2D eigenvalue weighted by Gasteiger charge is -2.16. The summed E-state index contributed by atoms with van der Waals surface area (Å²) in [6.45, 7) is 1.54. The molecule has 3 aromatic rings. The Morgan fingerprint density at radius 1 is 0.933 bits per heavy atom. The van der Waals surface area contributed by atoms with Crippen molar-refractivity contribution in [3.63, 3.8) is 0 Å². The Morgan fingerprint density at radius 3 is 2.17 bits per heavy atom. The standard InChI is InChI=1S/C23H23N3O3S/c1-18-8-14-22(15-9-18)30(28,29)26(2)17-23(27)25-24-16-19-10-12-21(13-11-19)20-6-4-3-5-7-20/h3-16H,17H2,1-2H3,(H,25,27)/b24-16+. The molecule has 30 heavy (non-hydrogen) atoms. The number of nitrogens with one attached hydrogen (secondary N) is 1. The van der Waals surface area contributed by atoms with Crippen LogP contribution in [0.5, 0.6) is 0 Å². The topological polar surface area (TPSA) is 78.8 Å². The Morgan fingerprint density at radius 2 is 1.53 bits per heavy atom. The lowest BCUT2D eigenvalue weighted by molar-refractivity contribution is -0.121. The molecule has 0 aliphatic rings. The number of aryl methyl sites for hydroxylation is 1. The van der Waals surface area contributed by atoms with E-state index >= 15 is 0 Å². The average molecular weight is 422 g/mol. The van der Waals surface area contributed by atoms with E-state index in [4.69, 9.17) is 0 Å². The highest BCUT2D eigenvalue weighted by atomic mass is 32.2. The van der Waals surface area contributed by atoms with E-state index in [2.05, 4.69) is 10.5 Å². The predicted molar refractivity (Wildman–Crippen MR) is 119 cm³/mol. The van der Waals surface area contributed by atoms with Gasteiger partial charge in [-0.05, 0) is 35.7 Å². The van der Waals surface area contributed by atoms with Gasteiger partial charge in [0.05, 0.1) is 17.7 Å². The van der Waals surface area contributed by atoms with Crippen molar-refractivity contribution < 1.29 is 13.2 Å². The zero-order valence-electron chi connectivity index (χ0n) is 16.8. The van der Waals surface area contributed by atoms with E-state index in [1.54, 1.807) is 12.1 Å². The number of rotatable bonds is 7. The minimum absolute atomic E-state index is 0.144. The third-order valence-electron chi connectivity index (χ3n) is 4.52. The normalized spacial score (nSPS) is 11.7. The van der Waals surface area contributed by atoms with Gasteiger partial charge in [-0.1, -0.05) is 72.3 Å². The summed E-state index contributed by atoms with van der Waals surface area (Å²) in [6, 6.07) is 24.2. The van der Waals surface area contributed by atoms with Crippen LogP contribution in [0.4, 0.5) is 0 Å². The molecule has 0 saturated heterocycles. The van der Waals surface area contributed by atoms with E-state index in [1.807, 2.05) is 61.5 Å². The minimum atomic E-state index is -3.74. The molecule has 1 N–H and O–H groups in total. The monoisotopic (exact) mass is 421 g/mol. The molecule has 7 heteroatoms. The van der Waals surface area contributed by atoms with Crippen LogP contribution in [-0.4, -0.2) is 38.4 Å². The van der Waals surface area contributed by atoms with Crippen LogP contribution in [-0.2, 0) is 14.8 Å². The second-order valence-corrected chi connectivity index (χ2v) is 8.90. The summed E-state index contributed by atoms with van der Waals surface area (Å²) in [4.78, 5) is 12.2. The molecule has 0 aliphatic heterocycles. The first kappa shape index (κ1) is 21.4. The van der Waals surface area contributed by atoms with E-state index in [0.29, 0.717) is 0 Å². The molecule has 3 rings (SSSR count). The summed E-state index contributed by atoms with van der Waals surface area (Å²) in [5, 5.41) is 3.92. The van der Waals surface area contributed by atoms with Crippen LogP contribution in [0.25, 0.3) is 11.1 Å². The first-order valence-corrected chi connectivity index (χ1v) is 10.8. The molecule has 0 spiro atoms. The Labute approximate surface area is 176 Å². The number of likely N-dealkylation sites (N-methyl/N-ethyl adjacent to an activating group) is 1. The number of sulfonamides is 1. The molecule has 0 bridgehead atoms. The SMILES string of the molecule is Cc1ccc(S(=O)(=O)N(C)CC(=O)N/N=C/c2ccc(-c3ccccc3)cc2)cc1. The molecule has 0 fully saturated rings. The molecule has 6 nitrogen and oxygen atoms in total. The minimum Gasteiger partial charge on any atom is -0.272 e. The Balaban J connectivity index is 1.56. The summed E-state index contributed by atoms with van der Waals surface area (Å²) < 4.78 is 26.1. The van der Waals surface area contributed by atoms with E-state index in [0.717, 1.165) is 26.6 Å². The number of nitrogens with zero attached hydrogens (tertiary/aromatic N) is 2. The first-order valence-electron chi connectivity index (χ1n) is 9.37. The van der Waals surface area contributed by atoms with Crippen LogP contribution in [0.3, 0.4) is 0 Å². The maximum Gasteiger partial charge on any atom is 0.255 e. The fourth-order valence-electron chi connectivity index (χ4n) is 2.78. The fourth-order valence-corrected chi connectivity index (χ4v) is 3.91. The molecule has 0 unspecified atom stereocenters. The molecule has 0 aromatic heterocycles. The lowest BCUT2D eigenvalue weighted by Crippen LogP contribution is -2.36. The second kappa shape index (κ2) is 9.47. The van der Waals surface area contributed by atoms with Gasteiger partial charge in [0.1, 0.15) is 0 Å². The third-order valence-corrected chi connectivity index (χ3v) is 6.33. The molecule has 0 aliphatic carbocycles. The van der Waals surface area contributed by atoms with Gasteiger partial charge in [-0.25, -0.2) is 13.8 Å². The van der Waals surface area contributed by atoms with Gasteiger partial charge in [0, 0.05) is 7.05 Å². The van der Waals surface area contributed by atoms with Gasteiger partial charge < -0.3 is 0 Å². The summed E-state index contributed by atoms with van der Waals surface area (Å²) in [7, 11) is -2.38. The number of hydrazone groups is 1. The fraction of sp³-hybridized carbons (Fsp3) is 0.130.